The number of likely N-dealkylation sites (N-methyl/N-ethyl adjacent to an activating group) is 1. The zero-order valence-electron chi connectivity index (χ0n) is 15.1. The highest BCUT2D eigenvalue weighted by Gasteiger charge is 2.20. The van der Waals surface area contributed by atoms with Gasteiger partial charge in [0.2, 0.25) is 12.7 Å². The average molecular weight is 381 g/mol. The molecule has 0 N–H and O–H groups in total. The largest absolute Gasteiger partial charge is 0.454 e. The SMILES string of the molecule is CC(c1cccnc1)N(C)C(=O)Cc1csc(-c2ccc3c(c2)OCO3)n1. The number of thiazole rings is 1. The van der Waals surface area contributed by atoms with Gasteiger partial charge in [0.25, 0.3) is 0 Å². The lowest BCUT2D eigenvalue weighted by Gasteiger charge is -2.24. The number of hydrogen-bond acceptors (Lipinski definition) is 6. The Balaban J connectivity index is 1.45. The summed E-state index contributed by atoms with van der Waals surface area (Å²) in [4.78, 5) is 23.1. The summed E-state index contributed by atoms with van der Waals surface area (Å²) in [6.07, 6.45) is 3.78. The maximum absolute atomic E-state index is 12.7. The molecule has 0 radical (unpaired) electrons. The van der Waals surface area contributed by atoms with E-state index in [-0.39, 0.29) is 25.2 Å². The smallest absolute Gasteiger partial charge is 0.231 e. The Morgan fingerprint density at radius 2 is 2.15 bits per heavy atom. The van der Waals surface area contributed by atoms with Crippen LogP contribution >= 0.6 is 11.3 Å². The third kappa shape index (κ3) is 3.64. The first-order chi connectivity index (χ1) is 13.1. The first-order valence-corrected chi connectivity index (χ1v) is 9.50. The second-order valence-corrected chi connectivity index (χ2v) is 7.21. The molecule has 1 unspecified atom stereocenters. The van der Waals surface area contributed by atoms with Gasteiger partial charge < -0.3 is 14.4 Å². The molecule has 0 spiro atoms. The molecule has 1 aliphatic heterocycles. The van der Waals surface area contributed by atoms with Crippen molar-refractivity contribution in [1.29, 1.82) is 0 Å². The summed E-state index contributed by atoms with van der Waals surface area (Å²) in [7, 11) is 1.81. The fourth-order valence-corrected chi connectivity index (χ4v) is 3.71. The summed E-state index contributed by atoms with van der Waals surface area (Å²) in [5.41, 5.74) is 2.73. The summed E-state index contributed by atoms with van der Waals surface area (Å²) >= 11 is 1.52. The highest BCUT2D eigenvalue weighted by molar-refractivity contribution is 7.13. The van der Waals surface area contributed by atoms with Gasteiger partial charge in [0.1, 0.15) is 5.01 Å². The molecule has 1 amide bonds. The van der Waals surface area contributed by atoms with Crippen molar-refractivity contribution in [3.05, 3.63) is 59.4 Å². The van der Waals surface area contributed by atoms with Crippen LogP contribution in [0, 0.1) is 0 Å². The molecular formula is C20H19N3O3S. The Kier molecular flexibility index (Phi) is 4.77. The molecule has 1 aromatic carbocycles. The molecule has 0 saturated heterocycles. The number of carbonyl (C=O) groups excluding carboxylic acids is 1. The second kappa shape index (κ2) is 7.36. The van der Waals surface area contributed by atoms with Gasteiger partial charge in [0, 0.05) is 30.4 Å². The normalized spacial score (nSPS) is 13.4. The van der Waals surface area contributed by atoms with Gasteiger partial charge >= 0.3 is 0 Å². The molecule has 0 aliphatic carbocycles. The third-order valence-corrected chi connectivity index (χ3v) is 5.58. The third-order valence-electron chi connectivity index (χ3n) is 4.64. The van der Waals surface area contributed by atoms with Gasteiger partial charge in [-0.3, -0.25) is 9.78 Å². The summed E-state index contributed by atoms with van der Waals surface area (Å²) in [5, 5.41) is 2.79. The first kappa shape index (κ1) is 17.5. The maximum atomic E-state index is 12.7. The van der Waals surface area contributed by atoms with E-state index in [0.29, 0.717) is 0 Å². The quantitative estimate of drug-likeness (QED) is 0.674. The van der Waals surface area contributed by atoms with Crippen LogP contribution in [-0.2, 0) is 11.2 Å². The van der Waals surface area contributed by atoms with Crippen LogP contribution in [0.1, 0.15) is 24.2 Å². The number of fused-ring (bicyclic) bond motifs is 1. The van der Waals surface area contributed by atoms with E-state index in [1.807, 2.05) is 49.7 Å². The number of pyridine rings is 1. The monoisotopic (exact) mass is 381 g/mol. The van der Waals surface area contributed by atoms with Gasteiger partial charge in [0.15, 0.2) is 11.5 Å². The predicted molar refractivity (Wildman–Crippen MR) is 103 cm³/mol. The molecule has 0 fully saturated rings. The fraction of sp³-hybridized carbons (Fsp3) is 0.250. The highest BCUT2D eigenvalue weighted by Crippen LogP contribution is 2.36. The zero-order chi connectivity index (χ0) is 18.8. The molecule has 1 aliphatic rings. The molecule has 3 aromatic rings. The number of benzene rings is 1. The molecular weight excluding hydrogens is 362 g/mol. The summed E-state index contributed by atoms with van der Waals surface area (Å²) in [5.74, 6) is 1.50. The van der Waals surface area contributed by atoms with Crippen LogP contribution in [0.3, 0.4) is 0 Å². The van der Waals surface area contributed by atoms with Crippen LogP contribution in [0.15, 0.2) is 48.1 Å². The van der Waals surface area contributed by atoms with Crippen molar-refractivity contribution in [2.24, 2.45) is 0 Å². The van der Waals surface area contributed by atoms with Crippen LogP contribution in [0.5, 0.6) is 11.5 Å². The summed E-state index contributed by atoms with van der Waals surface area (Å²) in [6, 6.07) is 9.56. The number of amides is 1. The van der Waals surface area contributed by atoms with Gasteiger partial charge in [-0.2, -0.15) is 0 Å². The Morgan fingerprint density at radius 1 is 1.30 bits per heavy atom. The molecule has 4 rings (SSSR count). The van der Waals surface area contributed by atoms with E-state index in [1.54, 1.807) is 17.3 Å². The topological polar surface area (TPSA) is 64.6 Å². The van der Waals surface area contributed by atoms with Crippen LogP contribution in [0.25, 0.3) is 10.6 Å². The molecule has 0 bridgehead atoms. The number of ether oxygens (including phenoxy) is 2. The highest BCUT2D eigenvalue weighted by atomic mass is 32.1. The van der Waals surface area contributed by atoms with Gasteiger partial charge in [0.05, 0.1) is 18.2 Å². The van der Waals surface area contributed by atoms with Crippen LogP contribution < -0.4 is 9.47 Å². The van der Waals surface area contributed by atoms with Crippen LogP contribution in [-0.4, -0.2) is 34.6 Å². The van der Waals surface area contributed by atoms with E-state index in [2.05, 4.69) is 9.97 Å². The van der Waals surface area contributed by atoms with Crippen LogP contribution in [0.2, 0.25) is 0 Å². The van der Waals surface area contributed by atoms with E-state index < -0.39 is 0 Å². The van der Waals surface area contributed by atoms with Crippen molar-refractivity contribution in [3.63, 3.8) is 0 Å². The molecule has 7 heteroatoms. The second-order valence-electron chi connectivity index (χ2n) is 6.36. The van der Waals surface area contributed by atoms with Crippen LogP contribution in [0.4, 0.5) is 0 Å². The predicted octanol–water partition coefficient (Wildman–Crippen LogP) is 3.70. The van der Waals surface area contributed by atoms with Crippen molar-refractivity contribution < 1.29 is 14.3 Å². The molecule has 1 atom stereocenters. The van der Waals surface area contributed by atoms with Gasteiger partial charge in [-0.15, -0.1) is 11.3 Å². The number of nitrogens with zero attached hydrogens (tertiary/aromatic N) is 3. The lowest BCUT2D eigenvalue weighted by Crippen LogP contribution is -2.31. The minimum Gasteiger partial charge on any atom is -0.454 e. The van der Waals surface area contributed by atoms with E-state index in [1.165, 1.54) is 11.3 Å². The number of aromatic nitrogens is 2. The van der Waals surface area contributed by atoms with Crippen molar-refractivity contribution in [1.82, 2.24) is 14.9 Å². The minimum atomic E-state index is -0.0434. The summed E-state index contributed by atoms with van der Waals surface area (Å²) < 4.78 is 10.8. The van der Waals surface area contributed by atoms with E-state index >= 15 is 0 Å². The lowest BCUT2D eigenvalue weighted by atomic mass is 10.1. The first-order valence-electron chi connectivity index (χ1n) is 8.62. The van der Waals surface area contributed by atoms with Crippen molar-refractivity contribution >= 4 is 17.2 Å². The van der Waals surface area contributed by atoms with Crippen molar-refractivity contribution in [2.75, 3.05) is 13.8 Å². The zero-order valence-corrected chi connectivity index (χ0v) is 15.9. The average Bonchev–Trinajstić information content (AvgIpc) is 3.36. The Morgan fingerprint density at radius 3 is 2.96 bits per heavy atom. The summed E-state index contributed by atoms with van der Waals surface area (Å²) in [6.45, 7) is 2.24. The number of carbonyl (C=O) groups is 1. The minimum absolute atomic E-state index is 0.0221. The molecule has 138 valence electrons. The number of rotatable bonds is 5. The molecule has 6 nitrogen and oxygen atoms in total. The lowest BCUT2D eigenvalue weighted by molar-refractivity contribution is -0.131. The van der Waals surface area contributed by atoms with Crippen molar-refractivity contribution in [2.45, 2.75) is 19.4 Å². The molecule has 2 aromatic heterocycles. The van der Waals surface area contributed by atoms with E-state index in [0.717, 1.165) is 33.3 Å². The Hall–Kier alpha value is -2.93. The molecule has 27 heavy (non-hydrogen) atoms. The Bertz CT molecular complexity index is 958. The van der Waals surface area contributed by atoms with E-state index in [4.69, 9.17) is 9.47 Å². The van der Waals surface area contributed by atoms with Crippen molar-refractivity contribution in [3.8, 4) is 22.1 Å². The molecule has 0 saturated carbocycles. The Labute approximate surface area is 161 Å². The fourth-order valence-electron chi connectivity index (χ4n) is 2.89. The van der Waals surface area contributed by atoms with Gasteiger partial charge in [-0.05, 0) is 36.8 Å². The van der Waals surface area contributed by atoms with Gasteiger partial charge in [-0.1, -0.05) is 6.07 Å². The standard InChI is InChI=1S/C20H19N3O3S/c1-13(15-4-3-7-21-10-15)23(2)19(24)9-16-11-27-20(22-16)14-5-6-17-18(8-14)26-12-25-17/h3-8,10-11,13H,9,12H2,1-2H3. The number of hydrogen-bond donors (Lipinski definition) is 0. The molecule has 3 heterocycles. The maximum Gasteiger partial charge on any atom is 0.231 e. The van der Waals surface area contributed by atoms with E-state index in [9.17, 15) is 4.79 Å². The van der Waals surface area contributed by atoms with Gasteiger partial charge in [-0.25, -0.2) is 4.98 Å².